The van der Waals surface area contributed by atoms with Gasteiger partial charge in [0, 0.05) is 18.4 Å². The van der Waals surface area contributed by atoms with Gasteiger partial charge < -0.3 is 14.8 Å². The number of carbonyl (C=O) groups excluding carboxylic acids is 1. The number of benzene rings is 1. The van der Waals surface area contributed by atoms with Crippen LogP contribution in [0.25, 0.3) is 11.0 Å². The van der Waals surface area contributed by atoms with Crippen LogP contribution in [0.3, 0.4) is 0 Å². The molecule has 0 saturated heterocycles. The lowest BCUT2D eigenvalue weighted by molar-refractivity contribution is -0.137. The first kappa shape index (κ1) is 18.0. The van der Waals surface area contributed by atoms with Crippen LogP contribution in [0, 0.1) is 0 Å². The van der Waals surface area contributed by atoms with Gasteiger partial charge in [0.1, 0.15) is 11.3 Å². The van der Waals surface area contributed by atoms with Gasteiger partial charge in [-0.1, -0.05) is 37.5 Å². The summed E-state index contributed by atoms with van der Waals surface area (Å²) in [5.41, 5.74) is 0.800. The minimum Gasteiger partial charge on any atom is -0.481 e. The summed E-state index contributed by atoms with van der Waals surface area (Å²) in [6.45, 7) is 2.49. The zero-order chi connectivity index (χ0) is 17.4. The molecule has 0 saturated carbocycles. The van der Waals surface area contributed by atoms with Gasteiger partial charge in [0.2, 0.25) is 5.91 Å². The Balaban J connectivity index is 1.66. The van der Waals surface area contributed by atoms with Gasteiger partial charge in [-0.15, -0.1) is 0 Å². The van der Waals surface area contributed by atoms with Crippen molar-refractivity contribution in [3.8, 4) is 0 Å². The van der Waals surface area contributed by atoms with Crippen LogP contribution < -0.4 is 5.32 Å². The summed E-state index contributed by atoms with van der Waals surface area (Å²) in [6.07, 6.45) is 4.80. The summed E-state index contributed by atoms with van der Waals surface area (Å²) >= 11 is 0. The monoisotopic (exact) mass is 331 g/mol. The maximum Gasteiger partial charge on any atom is 0.303 e. The summed E-state index contributed by atoms with van der Waals surface area (Å²) in [6, 6.07) is 9.65. The number of carboxylic acid groups (broad SMARTS) is 1. The van der Waals surface area contributed by atoms with Gasteiger partial charge in [-0.2, -0.15) is 0 Å². The van der Waals surface area contributed by atoms with Gasteiger partial charge in [0.05, 0.1) is 5.92 Å². The van der Waals surface area contributed by atoms with Crippen LogP contribution in [-0.2, 0) is 9.59 Å². The molecule has 5 nitrogen and oxygen atoms in total. The third-order valence-corrected chi connectivity index (χ3v) is 4.13. The minimum atomic E-state index is -0.734. The normalized spacial score (nSPS) is 12.2. The van der Waals surface area contributed by atoms with E-state index in [0.717, 1.165) is 43.1 Å². The molecule has 1 atom stereocenters. The number of carboxylic acids is 1. The van der Waals surface area contributed by atoms with Gasteiger partial charge in [-0.3, -0.25) is 9.59 Å². The number of hydrogen-bond acceptors (Lipinski definition) is 3. The lowest BCUT2D eigenvalue weighted by Gasteiger charge is -2.09. The number of furan rings is 1. The summed E-state index contributed by atoms with van der Waals surface area (Å²) in [5.74, 6) is -0.392. The predicted molar refractivity (Wildman–Crippen MR) is 93.0 cm³/mol. The van der Waals surface area contributed by atoms with Crippen molar-refractivity contribution < 1.29 is 19.1 Å². The molecule has 1 amide bonds. The average molecular weight is 331 g/mol. The molecule has 0 fully saturated rings. The second-order valence-electron chi connectivity index (χ2n) is 6.11. The van der Waals surface area contributed by atoms with Gasteiger partial charge >= 0.3 is 5.97 Å². The quantitative estimate of drug-likeness (QED) is 0.643. The molecule has 5 heteroatoms. The Morgan fingerprint density at radius 3 is 2.58 bits per heavy atom. The Kier molecular flexibility index (Phi) is 6.85. The molecule has 0 spiro atoms. The molecule has 1 heterocycles. The van der Waals surface area contributed by atoms with Crippen molar-refractivity contribution in [3.05, 3.63) is 36.1 Å². The number of amides is 1. The van der Waals surface area contributed by atoms with E-state index in [2.05, 4.69) is 5.32 Å². The van der Waals surface area contributed by atoms with E-state index in [1.165, 1.54) is 0 Å². The Bertz CT molecular complexity index is 644. The van der Waals surface area contributed by atoms with E-state index in [1.807, 2.05) is 37.3 Å². The first-order valence-electron chi connectivity index (χ1n) is 8.56. The minimum absolute atomic E-state index is 0.0278. The average Bonchev–Trinajstić information content (AvgIpc) is 3.00. The van der Waals surface area contributed by atoms with Crippen molar-refractivity contribution >= 4 is 22.8 Å². The highest BCUT2D eigenvalue weighted by atomic mass is 16.4. The second kappa shape index (κ2) is 9.11. The fraction of sp³-hybridized carbons (Fsp3) is 0.474. The number of aliphatic carboxylic acids is 1. The molecule has 2 N–H and O–H groups in total. The summed E-state index contributed by atoms with van der Waals surface area (Å²) in [4.78, 5) is 22.6. The molecule has 0 aliphatic heterocycles. The second-order valence-corrected chi connectivity index (χ2v) is 6.11. The number of unbranched alkanes of at least 4 members (excludes halogenated alkanes) is 4. The zero-order valence-corrected chi connectivity index (χ0v) is 14.1. The lowest BCUT2D eigenvalue weighted by Crippen LogP contribution is -2.28. The van der Waals surface area contributed by atoms with E-state index in [-0.39, 0.29) is 18.2 Å². The third-order valence-electron chi connectivity index (χ3n) is 4.13. The highest BCUT2D eigenvalue weighted by Crippen LogP contribution is 2.24. The topological polar surface area (TPSA) is 79.5 Å². The van der Waals surface area contributed by atoms with Crippen LogP contribution in [-0.4, -0.2) is 23.5 Å². The molecule has 1 aromatic carbocycles. The number of carbonyl (C=O) groups is 2. The summed E-state index contributed by atoms with van der Waals surface area (Å²) < 4.78 is 5.73. The first-order valence-corrected chi connectivity index (χ1v) is 8.56. The molecule has 0 aliphatic rings. The van der Waals surface area contributed by atoms with Crippen molar-refractivity contribution in [2.75, 3.05) is 6.54 Å². The van der Waals surface area contributed by atoms with Crippen molar-refractivity contribution in [2.24, 2.45) is 0 Å². The highest BCUT2D eigenvalue weighted by molar-refractivity contribution is 5.85. The standard InChI is InChI=1S/C19H25NO4/c1-14(17-13-15-9-6-7-10-16(15)24-17)19(23)20-12-8-4-2-3-5-11-18(21)22/h6-7,9-10,13-14H,2-5,8,11-12H2,1H3,(H,20,23)(H,21,22). The molecule has 130 valence electrons. The van der Waals surface area contributed by atoms with E-state index in [9.17, 15) is 9.59 Å². The number of para-hydroxylation sites is 1. The van der Waals surface area contributed by atoms with Gasteiger partial charge in [0.15, 0.2) is 0 Å². The molecule has 1 unspecified atom stereocenters. The lowest BCUT2D eigenvalue weighted by atomic mass is 10.1. The van der Waals surface area contributed by atoms with E-state index in [0.29, 0.717) is 12.3 Å². The molecule has 2 aromatic rings. The van der Waals surface area contributed by atoms with E-state index in [4.69, 9.17) is 9.52 Å². The smallest absolute Gasteiger partial charge is 0.303 e. The third kappa shape index (κ3) is 5.41. The Labute approximate surface area is 142 Å². The van der Waals surface area contributed by atoms with E-state index in [1.54, 1.807) is 0 Å². The Morgan fingerprint density at radius 2 is 1.83 bits per heavy atom. The molecule has 0 radical (unpaired) electrons. The fourth-order valence-corrected chi connectivity index (χ4v) is 2.64. The van der Waals surface area contributed by atoms with Crippen LogP contribution in [0.15, 0.2) is 34.7 Å². The molecule has 24 heavy (non-hydrogen) atoms. The van der Waals surface area contributed by atoms with Gasteiger partial charge in [-0.05, 0) is 31.9 Å². The largest absolute Gasteiger partial charge is 0.481 e. The molecular formula is C19H25NO4. The van der Waals surface area contributed by atoms with Crippen LogP contribution in [0.2, 0.25) is 0 Å². The van der Waals surface area contributed by atoms with Gasteiger partial charge in [-0.25, -0.2) is 0 Å². The maximum atomic E-state index is 12.2. The van der Waals surface area contributed by atoms with Crippen molar-refractivity contribution in [2.45, 2.75) is 51.4 Å². The van der Waals surface area contributed by atoms with Crippen LogP contribution >= 0.6 is 0 Å². The fourth-order valence-electron chi connectivity index (χ4n) is 2.64. The molecule has 0 bridgehead atoms. The summed E-state index contributed by atoms with van der Waals surface area (Å²) in [5, 5.41) is 12.5. The van der Waals surface area contributed by atoms with Crippen molar-refractivity contribution in [3.63, 3.8) is 0 Å². The maximum absolute atomic E-state index is 12.2. The van der Waals surface area contributed by atoms with Crippen molar-refractivity contribution in [1.29, 1.82) is 0 Å². The first-order chi connectivity index (χ1) is 11.6. The number of rotatable bonds is 10. The Hall–Kier alpha value is -2.30. The number of nitrogens with one attached hydrogen (secondary N) is 1. The van der Waals surface area contributed by atoms with Crippen molar-refractivity contribution in [1.82, 2.24) is 5.32 Å². The predicted octanol–water partition coefficient (Wildman–Crippen LogP) is 4.08. The van der Waals surface area contributed by atoms with Crippen LogP contribution in [0.1, 0.15) is 57.1 Å². The van der Waals surface area contributed by atoms with E-state index >= 15 is 0 Å². The Morgan fingerprint density at radius 1 is 1.12 bits per heavy atom. The number of hydrogen-bond donors (Lipinski definition) is 2. The number of fused-ring (bicyclic) bond motifs is 1. The van der Waals surface area contributed by atoms with E-state index < -0.39 is 5.97 Å². The SMILES string of the molecule is CC(C(=O)NCCCCCCCC(=O)O)c1cc2ccccc2o1. The summed E-state index contributed by atoms with van der Waals surface area (Å²) in [7, 11) is 0. The highest BCUT2D eigenvalue weighted by Gasteiger charge is 2.18. The van der Waals surface area contributed by atoms with Crippen LogP contribution in [0.4, 0.5) is 0 Å². The van der Waals surface area contributed by atoms with Gasteiger partial charge in [0.25, 0.3) is 0 Å². The molecule has 0 aliphatic carbocycles. The zero-order valence-electron chi connectivity index (χ0n) is 14.1. The molecule has 1 aromatic heterocycles. The molecular weight excluding hydrogens is 306 g/mol. The molecule has 2 rings (SSSR count). The van der Waals surface area contributed by atoms with Crippen LogP contribution in [0.5, 0.6) is 0 Å².